The molecule has 1 unspecified atom stereocenters. The lowest BCUT2D eigenvalue weighted by Gasteiger charge is -2.26. The molecule has 0 bridgehead atoms. The molecule has 1 N–H and O–H groups in total. The molecule has 1 aliphatic rings. The van der Waals surface area contributed by atoms with Crippen LogP contribution in [-0.4, -0.2) is 13.2 Å². The Labute approximate surface area is 110 Å². The second kappa shape index (κ2) is 6.60. The molecule has 0 spiro atoms. The van der Waals surface area contributed by atoms with Crippen molar-refractivity contribution >= 4 is 0 Å². The number of hydrogen-bond donors (Lipinski definition) is 1. The molecule has 2 rings (SSSR count). The van der Waals surface area contributed by atoms with Gasteiger partial charge in [-0.15, -0.1) is 0 Å². The molecule has 2 nitrogen and oxygen atoms in total. The average Bonchev–Trinajstić information content (AvgIpc) is 2.40. The summed E-state index contributed by atoms with van der Waals surface area (Å²) in [6.45, 7) is 5.85. The van der Waals surface area contributed by atoms with Crippen LogP contribution in [-0.2, 0) is 6.42 Å². The first-order valence-electron chi connectivity index (χ1n) is 6.95. The summed E-state index contributed by atoms with van der Waals surface area (Å²) in [4.78, 5) is 0. The molecule has 2 heteroatoms. The maximum absolute atomic E-state index is 5.72. The van der Waals surface area contributed by atoms with Gasteiger partial charge >= 0.3 is 0 Å². The summed E-state index contributed by atoms with van der Waals surface area (Å²) >= 11 is 0. The summed E-state index contributed by atoms with van der Waals surface area (Å²) < 4.78 is 5.72. The molecule has 1 atom stereocenters. The third-order valence-corrected chi connectivity index (χ3v) is 3.46. The fraction of sp³-hybridized carbons (Fsp3) is 0.500. The van der Waals surface area contributed by atoms with Gasteiger partial charge in [-0.05, 0) is 56.0 Å². The molecule has 18 heavy (non-hydrogen) atoms. The van der Waals surface area contributed by atoms with Crippen LogP contribution >= 0.6 is 0 Å². The number of hydrogen-bond acceptors (Lipinski definition) is 2. The lowest BCUT2D eigenvalue weighted by Crippen LogP contribution is -2.24. The highest BCUT2D eigenvalue weighted by Gasteiger charge is 2.19. The Kier molecular flexibility index (Phi) is 4.82. The van der Waals surface area contributed by atoms with Crippen LogP contribution in [0, 0.1) is 0 Å². The minimum atomic E-state index is 0.504. The monoisotopic (exact) mass is 245 g/mol. The first kappa shape index (κ1) is 13.2. The topological polar surface area (TPSA) is 21.3 Å². The van der Waals surface area contributed by atoms with Gasteiger partial charge in [-0.1, -0.05) is 25.1 Å². The summed E-state index contributed by atoms with van der Waals surface area (Å²) in [5, 5.41) is 3.57. The molecule has 0 fully saturated rings. The van der Waals surface area contributed by atoms with E-state index < -0.39 is 0 Å². The van der Waals surface area contributed by atoms with Crippen molar-refractivity contribution < 1.29 is 4.74 Å². The predicted octanol–water partition coefficient (Wildman–Crippen LogP) is 3.63. The van der Waals surface area contributed by atoms with Crippen molar-refractivity contribution in [2.24, 2.45) is 0 Å². The lowest BCUT2D eigenvalue weighted by molar-refractivity contribution is 0.360. The number of ether oxygens (including phenoxy) is 1. The van der Waals surface area contributed by atoms with E-state index in [1.54, 1.807) is 0 Å². The van der Waals surface area contributed by atoms with E-state index in [4.69, 9.17) is 4.74 Å². The molecule has 1 aromatic rings. The van der Waals surface area contributed by atoms with Gasteiger partial charge in [0.1, 0.15) is 12.4 Å². The van der Waals surface area contributed by atoms with E-state index in [9.17, 15) is 0 Å². The lowest BCUT2D eigenvalue weighted by atomic mass is 9.87. The highest BCUT2D eigenvalue weighted by atomic mass is 16.5. The zero-order valence-electron chi connectivity index (χ0n) is 11.4. The molecule has 0 saturated carbocycles. The number of rotatable bonds is 5. The number of nitrogens with one attached hydrogen (secondary N) is 1. The summed E-state index contributed by atoms with van der Waals surface area (Å²) in [5.41, 5.74) is 2.91. The van der Waals surface area contributed by atoms with Crippen LogP contribution in [0.3, 0.4) is 0 Å². The largest absolute Gasteiger partial charge is 0.490 e. The van der Waals surface area contributed by atoms with Crippen LogP contribution in [0.1, 0.15) is 43.9 Å². The average molecular weight is 245 g/mol. The molecule has 0 aromatic heterocycles. The first-order chi connectivity index (χ1) is 8.85. The van der Waals surface area contributed by atoms with Gasteiger partial charge in [0.05, 0.1) is 0 Å². The zero-order chi connectivity index (χ0) is 12.8. The number of fused-ring (bicyclic) bond motifs is 1. The third kappa shape index (κ3) is 3.14. The van der Waals surface area contributed by atoms with Crippen LogP contribution in [0.15, 0.2) is 30.4 Å². The van der Waals surface area contributed by atoms with Crippen LogP contribution in [0.2, 0.25) is 0 Å². The molecule has 0 amide bonds. The molecule has 1 aromatic carbocycles. The van der Waals surface area contributed by atoms with Crippen molar-refractivity contribution in [1.82, 2.24) is 5.32 Å². The van der Waals surface area contributed by atoms with Crippen molar-refractivity contribution in [2.75, 3.05) is 13.2 Å². The highest BCUT2D eigenvalue weighted by Crippen LogP contribution is 2.32. The maximum Gasteiger partial charge on any atom is 0.120 e. The Morgan fingerprint density at radius 2 is 2.33 bits per heavy atom. The van der Waals surface area contributed by atoms with E-state index in [2.05, 4.69) is 30.4 Å². The Hall–Kier alpha value is -1.28. The zero-order valence-corrected chi connectivity index (χ0v) is 11.4. The van der Waals surface area contributed by atoms with Crippen molar-refractivity contribution in [1.29, 1.82) is 0 Å². The van der Waals surface area contributed by atoms with Gasteiger partial charge in [0.2, 0.25) is 0 Å². The highest BCUT2D eigenvalue weighted by molar-refractivity contribution is 5.39. The Morgan fingerprint density at radius 3 is 3.11 bits per heavy atom. The van der Waals surface area contributed by atoms with Gasteiger partial charge in [0, 0.05) is 6.04 Å². The van der Waals surface area contributed by atoms with E-state index >= 15 is 0 Å². The van der Waals surface area contributed by atoms with E-state index in [0.29, 0.717) is 12.6 Å². The first-order valence-corrected chi connectivity index (χ1v) is 6.95. The van der Waals surface area contributed by atoms with Gasteiger partial charge in [0.25, 0.3) is 0 Å². The van der Waals surface area contributed by atoms with Crippen LogP contribution in [0.5, 0.6) is 5.75 Å². The van der Waals surface area contributed by atoms with Crippen LogP contribution < -0.4 is 10.1 Å². The second-order valence-corrected chi connectivity index (χ2v) is 4.74. The van der Waals surface area contributed by atoms with E-state index in [0.717, 1.165) is 12.3 Å². The predicted molar refractivity (Wildman–Crippen MR) is 76.1 cm³/mol. The number of aryl methyl sites for hydroxylation is 1. The third-order valence-electron chi connectivity index (χ3n) is 3.46. The van der Waals surface area contributed by atoms with Gasteiger partial charge in [0.15, 0.2) is 0 Å². The number of allylic oxidation sites excluding steroid dienone is 1. The van der Waals surface area contributed by atoms with E-state index in [-0.39, 0.29) is 0 Å². The van der Waals surface area contributed by atoms with E-state index in [1.807, 2.05) is 19.1 Å². The fourth-order valence-corrected chi connectivity index (χ4v) is 2.57. The maximum atomic E-state index is 5.72. The molecule has 0 radical (unpaired) electrons. The number of benzene rings is 1. The van der Waals surface area contributed by atoms with Crippen molar-refractivity contribution in [3.63, 3.8) is 0 Å². The normalized spacial score (nSPS) is 18.9. The smallest absolute Gasteiger partial charge is 0.120 e. The molecule has 98 valence electrons. The summed E-state index contributed by atoms with van der Waals surface area (Å²) in [7, 11) is 0. The quantitative estimate of drug-likeness (QED) is 0.800. The SMILES string of the molecule is C/C=C/COc1ccc2c(c1)C(NCC)CCC2. The van der Waals surface area contributed by atoms with Crippen LogP contribution in [0.25, 0.3) is 0 Å². The van der Waals surface area contributed by atoms with Gasteiger partial charge in [-0.25, -0.2) is 0 Å². The molecular weight excluding hydrogens is 222 g/mol. The van der Waals surface area contributed by atoms with Crippen molar-refractivity contribution in [3.05, 3.63) is 41.5 Å². The molecule has 0 heterocycles. The Morgan fingerprint density at radius 1 is 1.44 bits per heavy atom. The molecule has 1 aliphatic carbocycles. The minimum absolute atomic E-state index is 0.504. The molecule has 0 saturated heterocycles. The standard InChI is InChI=1S/C16H23NO/c1-3-5-11-18-14-10-9-13-7-6-8-16(17-4-2)15(13)12-14/h3,5,9-10,12,16-17H,4,6-8,11H2,1-2H3/b5-3+. The molecule has 0 aliphatic heterocycles. The summed E-state index contributed by atoms with van der Waals surface area (Å²) in [6, 6.07) is 7.04. The van der Waals surface area contributed by atoms with Crippen molar-refractivity contribution in [3.8, 4) is 5.75 Å². The fourth-order valence-electron chi connectivity index (χ4n) is 2.57. The van der Waals surface area contributed by atoms with Gasteiger partial charge in [-0.2, -0.15) is 0 Å². The van der Waals surface area contributed by atoms with Crippen molar-refractivity contribution in [2.45, 2.75) is 39.2 Å². The minimum Gasteiger partial charge on any atom is -0.490 e. The second-order valence-electron chi connectivity index (χ2n) is 4.74. The van der Waals surface area contributed by atoms with Gasteiger partial charge in [-0.3, -0.25) is 0 Å². The van der Waals surface area contributed by atoms with E-state index in [1.165, 1.54) is 30.4 Å². The Bertz CT molecular complexity index is 412. The molecular formula is C16H23NO. The van der Waals surface area contributed by atoms with Gasteiger partial charge < -0.3 is 10.1 Å². The van der Waals surface area contributed by atoms with Crippen LogP contribution in [0.4, 0.5) is 0 Å². The summed E-state index contributed by atoms with van der Waals surface area (Å²) in [5.74, 6) is 0.983. The summed E-state index contributed by atoms with van der Waals surface area (Å²) in [6.07, 6.45) is 7.76. The Balaban J connectivity index is 2.14.